The van der Waals surface area contributed by atoms with E-state index in [4.69, 9.17) is 30.3 Å². The van der Waals surface area contributed by atoms with Gasteiger partial charge in [-0.2, -0.15) is 0 Å². The molecule has 5 heteroatoms. The second-order valence-electron chi connectivity index (χ2n) is 16.2. The van der Waals surface area contributed by atoms with Crippen LogP contribution in [0.3, 0.4) is 0 Å². The van der Waals surface area contributed by atoms with E-state index < -0.39 is 84.0 Å². The molecular weight excluding hydrogens is 769 g/mol. The molecule has 0 saturated heterocycles. The molecular formula is C58H46N4O. The van der Waals surface area contributed by atoms with Crippen molar-refractivity contribution < 1.29 is 25.3 Å². The van der Waals surface area contributed by atoms with E-state index >= 15 is 0 Å². The number of nitrogens with zero attached hydrogens (tertiary/aromatic N) is 4. The average molecular weight is 830 g/mol. The Morgan fingerprint density at radius 2 is 1.10 bits per heavy atom. The lowest BCUT2D eigenvalue weighted by atomic mass is 9.82. The van der Waals surface area contributed by atoms with Gasteiger partial charge in [0.25, 0.3) is 0 Å². The van der Waals surface area contributed by atoms with Crippen LogP contribution >= 0.6 is 0 Å². The zero-order valence-corrected chi connectivity index (χ0v) is 34.5. The molecule has 1 aliphatic rings. The quantitative estimate of drug-likeness (QED) is 0.153. The Hall–Kier alpha value is -7.89. The number of aromatic nitrogens is 2. The Kier molecular flexibility index (Phi) is 6.20. The van der Waals surface area contributed by atoms with Gasteiger partial charge in [0, 0.05) is 51.5 Å². The molecule has 63 heavy (non-hydrogen) atoms. The normalized spacial score (nSPS) is 15.9. The number of pyridine rings is 1. The van der Waals surface area contributed by atoms with Gasteiger partial charge in [-0.25, -0.2) is 4.98 Å². The van der Waals surface area contributed by atoms with E-state index in [1.807, 2.05) is 132 Å². The standard InChI is InChI=1S/C58H46N4O/c1-58(2,3)51-37-56(59-38-50(51)42-23-11-6-12-24-42)62-52-30-14-13-27-48(52)49-34-33-45(36-55(49)62)63-44-26-17-25-43(35-44)60-39-61(54-32-16-15-31-53(54)60)57-46(40-19-7-4-8-20-40)28-18-29-47(57)41-21-9-5-10-22-41/h4-38H,39H2,1-3H3/i4D,5D,6D,7D,8D,9D,10D,11D,12D,19D,20D,21D,22D,23D,24D. The van der Waals surface area contributed by atoms with Crippen LogP contribution in [0, 0.1) is 0 Å². The molecule has 1 aliphatic heterocycles. The lowest BCUT2D eigenvalue weighted by molar-refractivity contribution is 0.483. The van der Waals surface area contributed by atoms with E-state index in [1.165, 1.54) is 0 Å². The molecule has 0 atom stereocenters. The Labute approximate surface area is 389 Å². The Bertz CT molecular complexity index is 4020. The van der Waals surface area contributed by atoms with Crippen LogP contribution in [0.25, 0.3) is 61.0 Å². The van der Waals surface area contributed by atoms with Crippen molar-refractivity contribution in [3.8, 4) is 50.7 Å². The molecule has 10 aromatic rings. The van der Waals surface area contributed by atoms with E-state index in [-0.39, 0.29) is 52.3 Å². The minimum Gasteiger partial charge on any atom is -0.457 e. The summed E-state index contributed by atoms with van der Waals surface area (Å²) in [6.07, 6.45) is 1.58. The third-order valence-electron chi connectivity index (χ3n) is 11.3. The summed E-state index contributed by atoms with van der Waals surface area (Å²) in [4.78, 5) is 8.79. The summed E-state index contributed by atoms with van der Waals surface area (Å²) in [5.74, 6) is 1.51. The maximum absolute atomic E-state index is 9.05. The first kappa shape index (κ1) is 25.1. The first-order chi connectivity index (χ1) is 37.1. The van der Waals surface area contributed by atoms with E-state index in [9.17, 15) is 0 Å². The maximum Gasteiger partial charge on any atom is 0.137 e. The molecule has 0 unspecified atom stereocenters. The number of rotatable bonds is 8. The van der Waals surface area contributed by atoms with Crippen LogP contribution in [-0.2, 0) is 5.41 Å². The van der Waals surface area contributed by atoms with Crippen molar-refractivity contribution in [2.45, 2.75) is 26.2 Å². The fourth-order valence-corrected chi connectivity index (χ4v) is 8.52. The number of ether oxygens (including phenoxy) is 1. The molecule has 304 valence electrons. The summed E-state index contributed by atoms with van der Waals surface area (Å²) < 4.78 is 139. The highest BCUT2D eigenvalue weighted by Gasteiger charge is 2.31. The van der Waals surface area contributed by atoms with Crippen LogP contribution < -0.4 is 14.5 Å². The molecule has 0 bridgehead atoms. The summed E-state index contributed by atoms with van der Waals surface area (Å²) in [5, 5.41) is 1.87. The van der Waals surface area contributed by atoms with Gasteiger partial charge in [0.2, 0.25) is 0 Å². The average Bonchev–Trinajstić information content (AvgIpc) is 4.01. The summed E-state index contributed by atoms with van der Waals surface area (Å²) in [5.41, 5.74) is 4.71. The second kappa shape index (κ2) is 15.5. The van der Waals surface area contributed by atoms with Gasteiger partial charge in [-0.3, -0.25) is 4.57 Å². The Balaban J connectivity index is 1.02. The minimum atomic E-state index is -0.575. The maximum atomic E-state index is 9.05. The van der Waals surface area contributed by atoms with Gasteiger partial charge in [0.05, 0.1) is 48.7 Å². The van der Waals surface area contributed by atoms with Crippen molar-refractivity contribution in [3.63, 3.8) is 0 Å². The van der Waals surface area contributed by atoms with Crippen molar-refractivity contribution in [2.24, 2.45) is 0 Å². The number of anilines is 4. The number of hydrogen-bond donors (Lipinski definition) is 0. The summed E-state index contributed by atoms with van der Waals surface area (Å²) in [7, 11) is 0. The van der Waals surface area contributed by atoms with Gasteiger partial charge >= 0.3 is 0 Å². The molecule has 3 heterocycles. The third-order valence-corrected chi connectivity index (χ3v) is 11.3. The number of benzene rings is 8. The SMILES string of the molecule is [2H]c1c([2H])c([2H])c(-c2cnc(-n3c4ccccc4c4ccc(Oc5cccc(N6CN(c7c(-c8c([2H])c([2H])c([2H])c([2H])c8[2H])cccc7-c7c([2H])c([2H])c([2H])c([2H])c7[2H])c7ccccc76)c5)cc43)cc2C(C)(C)C)c([2H])c1[2H]. The monoisotopic (exact) mass is 829 g/mol. The van der Waals surface area contributed by atoms with Gasteiger partial charge in [-0.05, 0) is 76.2 Å². The second-order valence-corrected chi connectivity index (χ2v) is 16.2. The smallest absolute Gasteiger partial charge is 0.137 e. The molecule has 0 fully saturated rings. The molecule has 11 rings (SSSR count). The van der Waals surface area contributed by atoms with Crippen molar-refractivity contribution in [2.75, 3.05) is 16.5 Å². The van der Waals surface area contributed by atoms with Crippen LogP contribution in [0.4, 0.5) is 22.7 Å². The van der Waals surface area contributed by atoms with Gasteiger partial charge in [0.15, 0.2) is 0 Å². The number of fused-ring (bicyclic) bond motifs is 4. The number of para-hydroxylation sites is 4. The fourth-order valence-electron chi connectivity index (χ4n) is 8.52. The van der Waals surface area contributed by atoms with Crippen LogP contribution in [0.15, 0.2) is 212 Å². The Morgan fingerprint density at radius 1 is 0.524 bits per heavy atom. The van der Waals surface area contributed by atoms with Crippen molar-refractivity contribution >= 4 is 44.6 Å². The highest BCUT2D eigenvalue weighted by atomic mass is 16.5. The van der Waals surface area contributed by atoms with Gasteiger partial charge in [0.1, 0.15) is 24.0 Å². The van der Waals surface area contributed by atoms with Crippen LogP contribution in [0.2, 0.25) is 0 Å². The van der Waals surface area contributed by atoms with Crippen molar-refractivity contribution in [1.29, 1.82) is 0 Å². The fraction of sp³-hybridized carbons (Fsp3) is 0.0862. The molecule has 5 nitrogen and oxygen atoms in total. The van der Waals surface area contributed by atoms with Crippen molar-refractivity contribution in [1.82, 2.24) is 9.55 Å². The van der Waals surface area contributed by atoms with Gasteiger partial charge in [-0.15, -0.1) is 0 Å². The van der Waals surface area contributed by atoms with Crippen molar-refractivity contribution in [3.05, 3.63) is 218 Å². The van der Waals surface area contributed by atoms with Gasteiger partial charge < -0.3 is 14.5 Å². The highest BCUT2D eigenvalue weighted by Crippen LogP contribution is 2.50. The zero-order valence-electron chi connectivity index (χ0n) is 49.5. The molecule has 2 aromatic heterocycles. The minimum absolute atomic E-state index is 0.0643. The van der Waals surface area contributed by atoms with Crippen LogP contribution in [0.5, 0.6) is 11.5 Å². The van der Waals surface area contributed by atoms with Crippen LogP contribution in [-0.4, -0.2) is 16.2 Å². The Morgan fingerprint density at radius 3 is 1.76 bits per heavy atom. The predicted octanol–water partition coefficient (Wildman–Crippen LogP) is 15.5. The topological polar surface area (TPSA) is 33.5 Å². The molecule has 0 radical (unpaired) electrons. The molecule has 0 aliphatic carbocycles. The van der Waals surface area contributed by atoms with Gasteiger partial charge in [-0.1, -0.05) is 166 Å². The van der Waals surface area contributed by atoms with E-state index in [1.54, 1.807) is 24.4 Å². The predicted molar refractivity (Wildman–Crippen MR) is 262 cm³/mol. The highest BCUT2D eigenvalue weighted by molar-refractivity contribution is 6.09. The van der Waals surface area contributed by atoms with Crippen LogP contribution in [0.1, 0.15) is 46.9 Å². The zero-order chi connectivity index (χ0) is 55.5. The van der Waals surface area contributed by atoms with E-state index in [2.05, 4.69) is 0 Å². The van der Waals surface area contributed by atoms with E-state index in [0.717, 1.165) is 27.4 Å². The lowest BCUT2D eigenvalue weighted by Crippen LogP contribution is -2.24. The lowest BCUT2D eigenvalue weighted by Gasteiger charge is -2.27. The largest absolute Gasteiger partial charge is 0.457 e. The molecule has 8 aromatic carbocycles. The first-order valence-corrected chi connectivity index (χ1v) is 20.4. The molecule has 0 N–H and O–H groups in total. The molecule has 0 saturated carbocycles. The molecule has 0 spiro atoms. The summed E-state index contributed by atoms with van der Waals surface area (Å²) in [6.45, 7) is 6.07. The number of hydrogen-bond acceptors (Lipinski definition) is 4. The summed E-state index contributed by atoms with van der Waals surface area (Å²) in [6, 6.07) is 28.1. The summed E-state index contributed by atoms with van der Waals surface area (Å²) >= 11 is 0. The third kappa shape index (κ3) is 6.88. The van der Waals surface area contributed by atoms with E-state index in [0.29, 0.717) is 39.9 Å². The molecule has 0 amide bonds. The first-order valence-electron chi connectivity index (χ1n) is 27.9.